The lowest BCUT2D eigenvalue weighted by atomic mass is 10.1. The van der Waals surface area contributed by atoms with Gasteiger partial charge in [0.05, 0.1) is 23.3 Å². The number of anilines is 1. The maximum absolute atomic E-state index is 4.71. The number of allylic oxidation sites excluding steroid dienone is 1. The fourth-order valence-corrected chi connectivity index (χ4v) is 3.26. The predicted octanol–water partition coefficient (Wildman–Crippen LogP) is 3.03. The van der Waals surface area contributed by atoms with Crippen LogP contribution < -0.4 is 5.32 Å². The topological polar surface area (TPSA) is 68.0 Å². The van der Waals surface area contributed by atoms with Gasteiger partial charge in [-0.25, -0.2) is 19.5 Å². The summed E-state index contributed by atoms with van der Waals surface area (Å²) in [7, 11) is 0. The number of aryl methyl sites for hydroxylation is 1. The van der Waals surface area contributed by atoms with Gasteiger partial charge in [-0.3, -0.25) is 0 Å². The highest BCUT2D eigenvalue weighted by molar-refractivity contribution is 5.82. The first-order chi connectivity index (χ1) is 12.1. The summed E-state index contributed by atoms with van der Waals surface area (Å²) in [6.07, 6.45) is 9.45. The van der Waals surface area contributed by atoms with E-state index in [1.807, 2.05) is 36.0 Å². The van der Waals surface area contributed by atoms with Crippen molar-refractivity contribution in [1.82, 2.24) is 24.6 Å². The standard InChI is InChI=1S/C19H20N6/c1-12-10-25-17(22-12)6-5-16(24-25)13-3-4-15-14(13)9-20-18(23-15)21-11-19(2)7-8-19/h3,5-6,9-10H,4,7-8,11H2,1-2H3,(H,20,21,23). The summed E-state index contributed by atoms with van der Waals surface area (Å²) in [4.78, 5) is 13.6. The number of nitrogens with zero attached hydrogens (tertiary/aromatic N) is 5. The average molecular weight is 332 g/mol. The molecule has 1 saturated carbocycles. The Morgan fingerprint density at radius 2 is 2.12 bits per heavy atom. The number of imidazole rings is 1. The van der Waals surface area contributed by atoms with Crippen molar-refractivity contribution in [3.63, 3.8) is 0 Å². The van der Waals surface area contributed by atoms with Gasteiger partial charge in [0.15, 0.2) is 5.65 Å². The van der Waals surface area contributed by atoms with Gasteiger partial charge in [0.1, 0.15) is 0 Å². The first-order valence-electron chi connectivity index (χ1n) is 8.73. The van der Waals surface area contributed by atoms with Crippen LogP contribution in [0.5, 0.6) is 0 Å². The van der Waals surface area contributed by atoms with Gasteiger partial charge >= 0.3 is 0 Å². The monoisotopic (exact) mass is 332 g/mol. The number of hydrogen-bond acceptors (Lipinski definition) is 5. The molecule has 0 aliphatic heterocycles. The van der Waals surface area contributed by atoms with Gasteiger partial charge < -0.3 is 5.32 Å². The predicted molar refractivity (Wildman–Crippen MR) is 96.4 cm³/mol. The molecule has 2 aliphatic rings. The molecule has 2 aliphatic carbocycles. The van der Waals surface area contributed by atoms with Crippen LogP contribution >= 0.6 is 0 Å². The molecule has 5 rings (SSSR count). The molecule has 0 spiro atoms. The highest BCUT2D eigenvalue weighted by atomic mass is 15.2. The van der Waals surface area contributed by atoms with Crippen molar-refractivity contribution < 1.29 is 0 Å². The van der Waals surface area contributed by atoms with E-state index in [0.29, 0.717) is 5.41 Å². The zero-order valence-corrected chi connectivity index (χ0v) is 14.5. The van der Waals surface area contributed by atoms with E-state index >= 15 is 0 Å². The van der Waals surface area contributed by atoms with Crippen molar-refractivity contribution in [2.75, 3.05) is 11.9 Å². The fraction of sp³-hybridized carbons (Fsp3) is 0.368. The Morgan fingerprint density at radius 3 is 2.96 bits per heavy atom. The Balaban J connectivity index is 1.43. The second-order valence-corrected chi connectivity index (χ2v) is 7.44. The summed E-state index contributed by atoms with van der Waals surface area (Å²) in [5.74, 6) is 0.732. The smallest absolute Gasteiger partial charge is 0.222 e. The minimum atomic E-state index is 0.439. The number of hydrogen-bond donors (Lipinski definition) is 1. The molecule has 0 unspecified atom stereocenters. The fourth-order valence-electron chi connectivity index (χ4n) is 3.26. The quantitative estimate of drug-likeness (QED) is 0.795. The Morgan fingerprint density at radius 1 is 1.24 bits per heavy atom. The van der Waals surface area contributed by atoms with E-state index in [1.54, 1.807) is 0 Å². The van der Waals surface area contributed by atoms with Crippen LogP contribution in [0.25, 0.3) is 11.2 Å². The van der Waals surface area contributed by atoms with Crippen LogP contribution in [0.2, 0.25) is 0 Å². The van der Waals surface area contributed by atoms with Gasteiger partial charge in [0, 0.05) is 30.3 Å². The molecule has 3 aromatic rings. The highest BCUT2D eigenvalue weighted by Gasteiger charge is 2.37. The van der Waals surface area contributed by atoms with Gasteiger partial charge in [-0.2, -0.15) is 5.10 Å². The molecule has 3 aromatic heterocycles. The molecule has 0 radical (unpaired) electrons. The molecular weight excluding hydrogens is 312 g/mol. The third-order valence-corrected chi connectivity index (χ3v) is 5.15. The van der Waals surface area contributed by atoms with Crippen LogP contribution in [0.4, 0.5) is 5.95 Å². The molecule has 0 atom stereocenters. The van der Waals surface area contributed by atoms with Gasteiger partial charge in [0.25, 0.3) is 0 Å². The summed E-state index contributed by atoms with van der Waals surface area (Å²) in [6.45, 7) is 5.22. The largest absolute Gasteiger partial charge is 0.354 e. The molecule has 126 valence electrons. The number of rotatable bonds is 4. The average Bonchev–Trinajstić information content (AvgIpc) is 3.04. The molecule has 0 saturated heterocycles. The van der Waals surface area contributed by atoms with Crippen molar-refractivity contribution in [2.45, 2.75) is 33.1 Å². The first-order valence-corrected chi connectivity index (χ1v) is 8.73. The molecule has 25 heavy (non-hydrogen) atoms. The summed E-state index contributed by atoms with van der Waals surface area (Å²) in [6, 6.07) is 4.02. The highest BCUT2D eigenvalue weighted by Crippen LogP contribution is 2.44. The SMILES string of the molecule is Cc1cn2nc(C3=CCc4nc(NCC5(C)CC5)ncc43)ccc2n1. The van der Waals surface area contributed by atoms with Gasteiger partial charge in [0.2, 0.25) is 5.95 Å². The van der Waals surface area contributed by atoms with Crippen LogP contribution in [-0.4, -0.2) is 31.1 Å². The zero-order chi connectivity index (χ0) is 17.0. The van der Waals surface area contributed by atoms with E-state index in [2.05, 4.69) is 28.3 Å². The van der Waals surface area contributed by atoms with E-state index in [0.717, 1.165) is 52.8 Å². The maximum atomic E-state index is 4.71. The van der Waals surface area contributed by atoms with E-state index < -0.39 is 0 Å². The van der Waals surface area contributed by atoms with Crippen LogP contribution in [0.1, 0.15) is 42.4 Å². The van der Waals surface area contributed by atoms with Crippen molar-refractivity contribution in [3.05, 3.63) is 53.2 Å². The summed E-state index contributed by atoms with van der Waals surface area (Å²) in [5, 5.41) is 8.08. The minimum Gasteiger partial charge on any atom is -0.354 e. The lowest BCUT2D eigenvalue weighted by Crippen LogP contribution is -2.14. The van der Waals surface area contributed by atoms with Gasteiger partial charge in [-0.15, -0.1) is 0 Å². The maximum Gasteiger partial charge on any atom is 0.222 e. The number of aromatic nitrogens is 5. The molecule has 6 heteroatoms. The van der Waals surface area contributed by atoms with Crippen LogP contribution in [0.3, 0.4) is 0 Å². The molecule has 0 aromatic carbocycles. The Labute approximate surface area is 146 Å². The van der Waals surface area contributed by atoms with E-state index in [-0.39, 0.29) is 0 Å². The molecule has 0 bridgehead atoms. The van der Waals surface area contributed by atoms with Gasteiger partial charge in [-0.1, -0.05) is 13.0 Å². The Bertz CT molecular complexity index is 1010. The van der Waals surface area contributed by atoms with Crippen LogP contribution in [0, 0.1) is 12.3 Å². The summed E-state index contributed by atoms with van der Waals surface area (Å²) in [5.41, 5.74) is 6.44. The second-order valence-electron chi connectivity index (χ2n) is 7.44. The lowest BCUT2D eigenvalue weighted by Gasteiger charge is -2.11. The molecule has 0 amide bonds. The Hall–Kier alpha value is -2.76. The molecule has 3 heterocycles. The molecular formula is C19H20N6. The summed E-state index contributed by atoms with van der Waals surface area (Å²) < 4.78 is 1.83. The van der Waals surface area contributed by atoms with Crippen molar-refractivity contribution in [1.29, 1.82) is 0 Å². The first kappa shape index (κ1) is 14.6. The van der Waals surface area contributed by atoms with Crippen molar-refractivity contribution in [2.24, 2.45) is 5.41 Å². The number of nitrogens with one attached hydrogen (secondary N) is 1. The van der Waals surface area contributed by atoms with E-state index in [4.69, 9.17) is 10.1 Å². The molecule has 1 N–H and O–H groups in total. The zero-order valence-electron chi connectivity index (χ0n) is 14.5. The third-order valence-electron chi connectivity index (χ3n) is 5.15. The molecule has 6 nitrogen and oxygen atoms in total. The lowest BCUT2D eigenvalue weighted by molar-refractivity contribution is 0.607. The molecule has 1 fully saturated rings. The minimum absolute atomic E-state index is 0.439. The van der Waals surface area contributed by atoms with E-state index in [9.17, 15) is 0 Å². The van der Waals surface area contributed by atoms with Crippen molar-refractivity contribution >= 4 is 17.2 Å². The van der Waals surface area contributed by atoms with E-state index in [1.165, 1.54) is 12.8 Å². The number of fused-ring (bicyclic) bond motifs is 2. The van der Waals surface area contributed by atoms with Gasteiger partial charge in [-0.05, 0) is 37.3 Å². The van der Waals surface area contributed by atoms with Crippen LogP contribution in [0.15, 0.2) is 30.6 Å². The Kier molecular flexibility index (Phi) is 2.98. The normalized spacial score (nSPS) is 17.4. The van der Waals surface area contributed by atoms with Crippen LogP contribution in [-0.2, 0) is 6.42 Å². The third kappa shape index (κ3) is 2.58. The summed E-state index contributed by atoms with van der Waals surface area (Å²) >= 11 is 0. The second kappa shape index (κ2) is 5.12. The van der Waals surface area contributed by atoms with Crippen molar-refractivity contribution in [3.8, 4) is 0 Å².